The summed E-state index contributed by atoms with van der Waals surface area (Å²) in [4.78, 5) is 4.17. The summed E-state index contributed by atoms with van der Waals surface area (Å²) >= 11 is 0. The maximum Gasteiger partial charge on any atom is 0.170 e. The van der Waals surface area contributed by atoms with Gasteiger partial charge in [0.05, 0.1) is 0 Å². The van der Waals surface area contributed by atoms with Gasteiger partial charge >= 0.3 is 0 Å². The van der Waals surface area contributed by atoms with Gasteiger partial charge in [-0.05, 0) is 6.92 Å². The average Bonchev–Trinajstić information content (AvgIpc) is 2.35. The largest absolute Gasteiger partial charge is 0.477 e. The Hall–Kier alpha value is -0.570. The Morgan fingerprint density at radius 1 is 1.78 bits per heavy atom. The molecule has 2 heterocycles. The van der Waals surface area contributed by atoms with Crippen LogP contribution in [0, 0.1) is 0 Å². The van der Waals surface area contributed by atoms with E-state index in [0.29, 0.717) is 18.2 Å². The molecule has 3 atom stereocenters. The van der Waals surface area contributed by atoms with Crippen LogP contribution in [0.2, 0.25) is 0 Å². The molecule has 0 amide bonds. The number of ether oxygens (including phenoxy) is 1. The Bertz CT molecular complexity index is 146. The zero-order valence-electron chi connectivity index (χ0n) is 5.37. The lowest BCUT2D eigenvalue weighted by molar-refractivity contribution is 0.231. The number of nitrogens with one attached hydrogen (secondary N) is 1. The second-order valence-electron chi connectivity index (χ2n) is 2.62. The zero-order chi connectivity index (χ0) is 6.27. The van der Waals surface area contributed by atoms with Crippen LogP contribution in [-0.2, 0) is 4.74 Å². The standard InChI is InChI=1S/C6H10N2O/c1-4-6-5(2-7-4)9-3-8-6/h3-7H,2H2,1H3. The molecular weight excluding hydrogens is 116 g/mol. The van der Waals surface area contributed by atoms with Crippen LogP contribution in [0.5, 0.6) is 0 Å². The highest BCUT2D eigenvalue weighted by Crippen LogP contribution is 2.17. The highest BCUT2D eigenvalue weighted by molar-refractivity contribution is 5.50. The molecule has 9 heavy (non-hydrogen) atoms. The zero-order valence-corrected chi connectivity index (χ0v) is 5.37. The van der Waals surface area contributed by atoms with Crippen molar-refractivity contribution >= 4 is 6.40 Å². The lowest BCUT2D eigenvalue weighted by atomic mass is 10.1. The van der Waals surface area contributed by atoms with E-state index in [1.807, 2.05) is 0 Å². The predicted octanol–water partition coefficient (Wildman–Crippen LogP) is -0.226. The molecule has 0 aromatic rings. The number of hydrogen-bond acceptors (Lipinski definition) is 3. The van der Waals surface area contributed by atoms with Gasteiger partial charge in [-0.2, -0.15) is 0 Å². The van der Waals surface area contributed by atoms with Crippen LogP contribution >= 0.6 is 0 Å². The predicted molar refractivity (Wildman–Crippen MR) is 34.6 cm³/mol. The lowest BCUT2D eigenvalue weighted by Gasteiger charge is -2.07. The van der Waals surface area contributed by atoms with Crippen molar-refractivity contribution in [3.8, 4) is 0 Å². The molecule has 1 saturated heterocycles. The highest BCUT2D eigenvalue weighted by Gasteiger charge is 2.36. The summed E-state index contributed by atoms with van der Waals surface area (Å²) in [6, 6.07) is 0.874. The lowest BCUT2D eigenvalue weighted by Crippen LogP contribution is -2.26. The molecule has 3 heteroatoms. The molecular formula is C6H10N2O. The van der Waals surface area contributed by atoms with Crippen LogP contribution in [0.1, 0.15) is 6.92 Å². The van der Waals surface area contributed by atoms with Crippen molar-refractivity contribution in [1.29, 1.82) is 0 Å². The molecule has 0 spiro atoms. The summed E-state index contributed by atoms with van der Waals surface area (Å²) in [6.07, 6.45) is 1.90. The monoisotopic (exact) mass is 126 g/mol. The van der Waals surface area contributed by atoms with E-state index in [-0.39, 0.29) is 0 Å². The van der Waals surface area contributed by atoms with Crippen LogP contribution in [0.4, 0.5) is 0 Å². The first-order valence-electron chi connectivity index (χ1n) is 3.28. The fraction of sp³-hybridized carbons (Fsp3) is 0.833. The summed E-state index contributed by atoms with van der Waals surface area (Å²) in [7, 11) is 0. The maximum absolute atomic E-state index is 5.19. The molecule has 0 aliphatic carbocycles. The molecule has 50 valence electrons. The van der Waals surface area contributed by atoms with Gasteiger partial charge in [0, 0.05) is 12.6 Å². The van der Waals surface area contributed by atoms with Crippen molar-refractivity contribution in [2.45, 2.75) is 25.1 Å². The minimum absolute atomic E-state index is 0.319. The molecule has 0 saturated carbocycles. The molecule has 0 radical (unpaired) electrons. The number of aliphatic imine (C=N–C) groups is 1. The first-order valence-corrected chi connectivity index (χ1v) is 3.28. The third-order valence-corrected chi connectivity index (χ3v) is 2.00. The smallest absolute Gasteiger partial charge is 0.170 e. The van der Waals surface area contributed by atoms with Gasteiger partial charge in [0.25, 0.3) is 0 Å². The molecule has 2 aliphatic rings. The second-order valence-corrected chi connectivity index (χ2v) is 2.62. The van der Waals surface area contributed by atoms with Crippen molar-refractivity contribution in [1.82, 2.24) is 5.32 Å². The van der Waals surface area contributed by atoms with E-state index in [0.717, 1.165) is 6.54 Å². The van der Waals surface area contributed by atoms with Gasteiger partial charge < -0.3 is 10.1 Å². The maximum atomic E-state index is 5.19. The Morgan fingerprint density at radius 2 is 2.67 bits per heavy atom. The molecule has 2 rings (SSSR count). The number of nitrogens with zero attached hydrogens (tertiary/aromatic N) is 1. The fourth-order valence-corrected chi connectivity index (χ4v) is 1.40. The summed E-state index contributed by atoms with van der Waals surface area (Å²) in [5.74, 6) is 0. The molecule has 3 unspecified atom stereocenters. The van der Waals surface area contributed by atoms with E-state index in [4.69, 9.17) is 4.74 Å². The van der Waals surface area contributed by atoms with Gasteiger partial charge in [0.1, 0.15) is 12.1 Å². The quantitative estimate of drug-likeness (QED) is 0.486. The van der Waals surface area contributed by atoms with Crippen LogP contribution in [0.25, 0.3) is 0 Å². The minimum Gasteiger partial charge on any atom is -0.477 e. The summed E-state index contributed by atoms with van der Waals surface area (Å²) in [5, 5.41) is 3.28. The minimum atomic E-state index is 0.319. The Balaban J connectivity index is 2.15. The molecule has 0 bridgehead atoms. The van der Waals surface area contributed by atoms with Crippen LogP contribution in [0.15, 0.2) is 4.99 Å². The van der Waals surface area contributed by atoms with Crippen LogP contribution in [-0.4, -0.2) is 31.1 Å². The topological polar surface area (TPSA) is 33.6 Å². The first-order chi connectivity index (χ1) is 4.38. The molecule has 0 aromatic carbocycles. The van der Waals surface area contributed by atoms with Crippen LogP contribution < -0.4 is 5.32 Å². The Morgan fingerprint density at radius 3 is 3.44 bits per heavy atom. The van der Waals surface area contributed by atoms with Crippen LogP contribution in [0.3, 0.4) is 0 Å². The van der Waals surface area contributed by atoms with Gasteiger partial charge in [-0.15, -0.1) is 0 Å². The molecule has 0 aromatic heterocycles. The normalized spacial score (nSPS) is 47.0. The van der Waals surface area contributed by atoms with E-state index >= 15 is 0 Å². The third kappa shape index (κ3) is 0.645. The van der Waals surface area contributed by atoms with Gasteiger partial charge in [-0.3, -0.25) is 0 Å². The molecule has 2 aliphatic heterocycles. The summed E-state index contributed by atoms with van der Waals surface area (Å²) in [5.41, 5.74) is 0. The average molecular weight is 126 g/mol. The fourth-order valence-electron chi connectivity index (χ4n) is 1.40. The van der Waals surface area contributed by atoms with Gasteiger partial charge in [0.2, 0.25) is 0 Å². The van der Waals surface area contributed by atoms with Crippen molar-refractivity contribution in [3.05, 3.63) is 0 Å². The van der Waals surface area contributed by atoms with E-state index in [1.165, 1.54) is 0 Å². The van der Waals surface area contributed by atoms with Crippen molar-refractivity contribution in [3.63, 3.8) is 0 Å². The Kier molecular flexibility index (Phi) is 0.990. The SMILES string of the molecule is CC1NCC2OC=NC12. The van der Waals surface area contributed by atoms with Gasteiger partial charge in [-0.1, -0.05) is 0 Å². The third-order valence-electron chi connectivity index (χ3n) is 2.00. The summed E-state index contributed by atoms with van der Waals surface area (Å²) < 4.78 is 5.19. The first kappa shape index (κ1) is 5.23. The summed E-state index contributed by atoms with van der Waals surface area (Å²) in [6.45, 7) is 3.09. The van der Waals surface area contributed by atoms with Gasteiger partial charge in [-0.25, -0.2) is 4.99 Å². The number of fused-ring (bicyclic) bond motifs is 1. The van der Waals surface area contributed by atoms with Crippen molar-refractivity contribution in [2.24, 2.45) is 4.99 Å². The molecule has 1 fully saturated rings. The molecule has 1 N–H and O–H groups in total. The van der Waals surface area contributed by atoms with Crippen molar-refractivity contribution < 1.29 is 4.74 Å². The number of rotatable bonds is 0. The van der Waals surface area contributed by atoms with E-state index in [9.17, 15) is 0 Å². The van der Waals surface area contributed by atoms with E-state index in [2.05, 4.69) is 17.2 Å². The highest BCUT2D eigenvalue weighted by atomic mass is 16.5. The van der Waals surface area contributed by atoms with Gasteiger partial charge in [0.15, 0.2) is 6.40 Å². The second kappa shape index (κ2) is 1.70. The van der Waals surface area contributed by atoms with E-state index in [1.54, 1.807) is 6.40 Å². The number of hydrogen-bond donors (Lipinski definition) is 1. The molecule has 3 nitrogen and oxygen atoms in total. The van der Waals surface area contributed by atoms with E-state index < -0.39 is 0 Å². The Labute approximate surface area is 54.1 Å². The van der Waals surface area contributed by atoms with Crippen molar-refractivity contribution in [2.75, 3.05) is 6.54 Å².